The molecule has 2 aromatic carbocycles. The van der Waals surface area contributed by atoms with Crippen LogP contribution < -0.4 is 9.47 Å². The first-order chi connectivity index (χ1) is 13.2. The van der Waals surface area contributed by atoms with E-state index in [0.717, 1.165) is 25.9 Å². The number of carbonyl (C=O) groups is 1. The minimum atomic E-state index is 0.0203. The number of rotatable bonds is 4. The Balaban J connectivity index is 1.48. The van der Waals surface area contributed by atoms with E-state index in [4.69, 9.17) is 9.47 Å². The number of fused-ring (bicyclic) bond motifs is 1. The van der Waals surface area contributed by atoms with E-state index in [0.29, 0.717) is 23.0 Å². The maximum Gasteiger partial charge on any atom is 0.257 e. The number of H-pyrrole nitrogens is 1. The molecule has 5 nitrogen and oxygen atoms in total. The molecule has 1 amide bonds. The van der Waals surface area contributed by atoms with Gasteiger partial charge in [-0.3, -0.25) is 4.79 Å². The van der Waals surface area contributed by atoms with Crippen molar-refractivity contribution >= 4 is 16.8 Å². The highest BCUT2D eigenvalue weighted by Crippen LogP contribution is 2.34. The summed E-state index contributed by atoms with van der Waals surface area (Å²) in [5.41, 5.74) is 3.12. The lowest BCUT2D eigenvalue weighted by Gasteiger charge is -2.32. The fourth-order valence-electron chi connectivity index (χ4n) is 3.97. The molecule has 1 aromatic heterocycles. The van der Waals surface area contributed by atoms with Crippen LogP contribution in [0.2, 0.25) is 0 Å². The Labute approximate surface area is 158 Å². The largest absolute Gasteiger partial charge is 0.497 e. The van der Waals surface area contributed by atoms with Crippen LogP contribution in [0.25, 0.3) is 10.9 Å². The zero-order chi connectivity index (χ0) is 18.8. The summed E-state index contributed by atoms with van der Waals surface area (Å²) in [6.07, 6.45) is 4.05. The van der Waals surface area contributed by atoms with Gasteiger partial charge < -0.3 is 19.4 Å². The molecule has 0 radical (unpaired) electrons. The summed E-state index contributed by atoms with van der Waals surface area (Å²) in [4.78, 5) is 18.3. The summed E-state index contributed by atoms with van der Waals surface area (Å²) >= 11 is 0. The van der Waals surface area contributed by atoms with Crippen molar-refractivity contribution in [3.63, 3.8) is 0 Å². The molecule has 1 N–H and O–H groups in total. The van der Waals surface area contributed by atoms with Gasteiger partial charge in [0.2, 0.25) is 0 Å². The Morgan fingerprint density at radius 2 is 1.85 bits per heavy atom. The van der Waals surface area contributed by atoms with Gasteiger partial charge >= 0.3 is 0 Å². The van der Waals surface area contributed by atoms with Crippen molar-refractivity contribution in [2.45, 2.75) is 18.8 Å². The highest BCUT2D eigenvalue weighted by molar-refractivity contribution is 5.97. The Bertz CT molecular complexity index is 955. The molecule has 4 rings (SSSR count). The molecule has 1 aliphatic rings. The van der Waals surface area contributed by atoms with Gasteiger partial charge in [-0.1, -0.05) is 18.2 Å². The van der Waals surface area contributed by atoms with Gasteiger partial charge in [0.25, 0.3) is 5.91 Å². The Morgan fingerprint density at radius 3 is 2.59 bits per heavy atom. The summed E-state index contributed by atoms with van der Waals surface area (Å²) in [6.45, 7) is 1.50. The number of ether oxygens (including phenoxy) is 2. The molecular weight excluding hydrogens is 340 g/mol. The maximum atomic E-state index is 13.0. The summed E-state index contributed by atoms with van der Waals surface area (Å²) in [5, 5.41) is 1.29. The predicted molar refractivity (Wildman–Crippen MR) is 106 cm³/mol. The Hall–Kier alpha value is -2.95. The molecule has 1 saturated heterocycles. The third-order valence-corrected chi connectivity index (χ3v) is 5.48. The average molecular weight is 364 g/mol. The van der Waals surface area contributed by atoms with Crippen molar-refractivity contribution in [2.75, 3.05) is 27.3 Å². The van der Waals surface area contributed by atoms with E-state index in [1.807, 2.05) is 11.0 Å². The van der Waals surface area contributed by atoms with E-state index >= 15 is 0 Å². The number of likely N-dealkylation sites (tertiary alicyclic amines) is 1. The van der Waals surface area contributed by atoms with Gasteiger partial charge in [0.05, 0.1) is 19.8 Å². The van der Waals surface area contributed by atoms with Gasteiger partial charge in [-0.15, -0.1) is 0 Å². The lowest BCUT2D eigenvalue weighted by Crippen LogP contribution is -2.38. The van der Waals surface area contributed by atoms with Crippen LogP contribution >= 0.6 is 0 Å². The van der Waals surface area contributed by atoms with Crippen LogP contribution in [0.15, 0.2) is 48.7 Å². The van der Waals surface area contributed by atoms with Gasteiger partial charge in [-0.05, 0) is 42.5 Å². The number of aromatic amines is 1. The number of nitrogens with one attached hydrogen (secondary N) is 1. The molecule has 2 heterocycles. The van der Waals surface area contributed by atoms with Gasteiger partial charge in [0, 0.05) is 36.3 Å². The predicted octanol–water partition coefficient (Wildman–Crippen LogP) is 4.20. The van der Waals surface area contributed by atoms with E-state index in [2.05, 4.69) is 29.4 Å². The van der Waals surface area contributed by atoms with E-state index < -0.39 is 0 Å². The van der Waals surface area contributed by atoms with Crippen molar-refractivity contribution in [1.82, 2.24) is 9.88 Å². The first kappa shape index (κ1) is 17.5. The maximum absolute atomic E-state index is 13.0. The number of hydrogen-bond acceptors (Lipinski definition) is 3. The minimum Gasteiger partial charge on any atom is -0.497 e. The number of amides is 1. The van der Waals surface area contributed by atoms with Crippen molar-refractivity contribution < 1.29 is 14.3 Å². The standard InChI is InChI=1S/C22H24N2O3/c1-26-16-7-8-18(21(13-16)27-2)22(25)24-11-9-15(10-12-24)19-14-23-20-6-4-3-5-17(19)20/h3-8,13-15,23H,9-12H2,1-2H3. The first-order valence-corrected chi connectivity index (χ1v) is 9.28. The summed E-state index contributed by atoms with van der Waals surface area (Å²) < 4.78 is 10.6. The number of hydrogen-bond donors (Lipinski definition) is 1. The van der Waals surface area contributed by atoms with E-state index in [-0.39, 0.29) is 5.91 Å². The molecule has 0 unspecified atom stereocenters. The number of benzene rings is 2. The molecule has 0 atom stereocenters. The van der Waals surface area contributed by atoms with Gasteiger partial charge in [0.1, 0.15) is 11.5 Å². The number of carbonyl (C=O) groups excluding carboxylic acids is 1. The second-order valence-corrected chi connectivity index (χ2v) is 6.92. The van der Waals surface area contributed by atoms with Crippen LogP contribution in [0.5, 0.6) is 11.5 Å². The molecule has 5 heteroatoms. The zero-order valence-electron chi connectivity index (χ0n) is 15.7. The zero-order valence-corrected chi connectivity index (χ0v) is 15.7. The number of nitrogens with zero attached hydrogens (tertiary/aromatic N) is 1. The molecular formula is C22H24N2O3. The Morgan fingerprint density at radius 1 is 1.07 bits per heavy atom. The molecule has 27 heavy (non-hydrogen) atoms. The molecule has 0 aliphatic carbocycles. The van der Waals surface area contributed by atoms with Crippen molar-refractivity contribution in [1.29, 1.82) is 0 Å². The highest BCUT2D eigenvalue weighted by Gasteiger charge is 2.27. The van der Waals surface area contributed by atoms with E-state index in [1.54, 1.807) is 32.4 Å². The van der Waals surface area contributed by atoms with Crippen molar-refractivity contribution in [3.8, 4) is 11.5 Å². The summed E-state index contributed by atoms with van der Waals surface area (Å²) in [5.74, 6) is 1.73. The molecule has 1 aliphatic heterocycles. The van der Waals surface area contributed by atoms with Crippen LogP contribution in [-0.2, 0) is 0 Å². The minimum absolute atomic E-state index is 0.0203. The molecule has 0 bridgehead atoms. The lowest BCUT2D eigenvalue weighted by molar-refractivity contribution is 0.0710. The SMILES string of the molecule is COc1ccc(C(=O)N2CCC(c3c[nH]c4ccccc34)CC2)c(OC)c1. The summed E-state index contributed by atoms with van der Waals surface area (Å²) in [7, 11) is 3.18. The monoisotopic (exact) mass is 364 g/mol. The van der Waals surface area contributed by atoms with Crippen LogP contribution in [0.3, 0.4) is 0 Å². The van der Waals surface area contributed by atoms with Gasteiger partial charge in [-0.2, -0.15) is 0 Å². The molecule has 0 saturated carbocycles. The molecule has 3 aromatic rings. The summed E-state index contributed by atoms with van der Waals surface area (Å²) in [6, 6.07) is 13.7. The number of methoxy groups -OCH3 is 2. The fraction of sp³-hybridized carbons (Fsp3) is 0.318. The number of aromatic nitrogens is 1. The average Bonchev–Trinajstić information content (AvgIpc) is 3.17. The van der Waals surface area contributed by atoms with E-state index in [9.17, 15) is 4.79 Å². The molecule has 0 spiro atoms. The fourth-order valence-corrected chi connectivity index (χ4v) is 3.97. The van der Waals surface area contributed by atoms with Crippen LogP contribution in [0.4, 0.5) is 0 Å². The van der Waals surface area contributed by atoms with Crippen LogP contribution in [0.1, 0.15) is 34.7 Å². The van der Waals surface area contributed by atoms with Crippen LogP contribution in [0, 0.1) is 0 Å². The third-order valence-electron chi connectivity index (χ3n) is 5.48. The number of para-hydroxylation sites is 1. The third kappa shape index (κ3) is 3.25. The Kier molecular flexibility index (Phi) is 4.75. The first-order valence-electron chi connectivity index (χ1n) is 9.28. The smallest absolute Gasteiger partial charge is 0.257 e. The number of piperidine rings is 1. The van der Waals surface area contributed by atoms with Crippen molar-refractivity contribution in [3.05, 3.63) is 59.8 Å². The topological polar surface area (TPSA) is 54.6 Å². The van der Waals surface area contributed by atoms with Crippen LogP contribution in [-0.4, -0.2) is 43.1 Å². The quantitative estimate of drug-likeness (QED) is 0.755. The van der Waals surface area contributed by atoms with Crippen molar-refractivity contribution in [2.24, 2.45) is 0 Å². The second-order valence-electron chi connectivity index (χ2n) is 6.92. The van der Waals surface area contributed by atoms with Gasteiger partial charge in [-0.25, -0.2) is 0 Å². The van der Waals surface area contributed by atoms with Gasteiger partial charge in [0.15, 0.2) is 0 Å². The molecule has 140 valence electrons. The highest BCUT2D eigenvalue weighted by atomic mass is 16.5. The normalized spacial score (nSPS) is 15.1. The lowest BCUT2D eigenvalue weighted by atomic mass is 9.89. The van der Waals surface area contributed by atoms with E-state index in [1.165, 1.54) is 16.5 Å². The second kappa shape index (κ2) is 7.35. The molecule has 1 fully saturated rings.